The number of likely N-dealkylation sites (N-methyl/N-ethyl adjacent to an activating group) is 2. The maximum atomic E-state index is 12.4. The van der Waals surface area contributed by atoms with E-state index in [1.165, 1.54) is 7.05 Å². The maximum absolute atomic E-state index is 12.4. The van der Waals surface area contributed by atoms with Gasteiger partial charge in [0.2, 0.25) is 12.2 Å². The predicted octanol–water partition coefficient (Wildman–Crippen LogP) is 0.647. The molecule has 0 bridgehead atoms. The molecule has 1 unspecified atom stereocenters. The fourth-order valence-electron chi connectivity index (χ4n) is 0.583. The highest BCUT2D eigenvalue weighted by molar-refractivity contribution is 5.85. The molecule has 0 fully saturated rings. The van der Waals surface area contributed by atoms with Gasteiger partial charge < -0.3 is 10.2 Å². The van der Waals surface area contributed by atoms with Crippen LogP contribution in [0.1, 0.15) is 0 Å². The normalized spacial score (nSPS) is 12.2. The highest BCUT2D eigenvalue weighted by Crippen LogP contribution is 2.08. The minimum Gasteiger partial charge on any atom is -0.311 e. The molecule has 1 N–H and O–H groups in total. The molecule has 0 saturated carbocycles. The van der Waals surface area contributed by atoms with E-state index in [0.717, 1.165) is 7.05 Å². The van der Waals surface area contributed by atoms with Crippen molar-refractivity contribution in [2.75, 3.05) is 20.6 Å². The molecule has 0 aromatic rings. The van der Waals surface area contributed by atoms with Gasteiger partial charge in [-0.3, -0.25) is 4.79 Å². The zero-order valence-corrected chi connectivity index (χ0v) is 8.08. The molecule has 0 aromatic carbocycles. The van der Waals surface area contributed by atoms with Crippen LogP contribution in [0.25, 0.3) is 0 Å². The SMILES string of the molecule is CNCC(=O)N(C)C(F)C(F)F.Cl. The monoisotopic (exact) mass is 220 g/mol. The Hall–Kier alpha value is -0.490. The summed E-state index contributed by atoms with van der Waals surface area (Å²) in [5, 5.41) is 2.44. The van der Waals surface area contributed by atoms with E-state index in [1.807, 2.05) is 0 Å². The number of amides is 1. The van der Waals surface area contributed by atoms with E-state index in [0.29, 0.717) is 4.90 Å². The van der Waals surface area contributed by atoms with Gasteiger partial charge in [-0.2, -0.15) is 0 Å². The topological polar surface area (TPSA) is 32.3 Å². The molecule has 1 atom stereocenters. The second-order valence-corrected chi connectivity index (χ2v) is 2.24. The van der Waals surface area contributed by atoms with Crippen molar-refractivity contribution in [2.24, 2.45) is 0 Å². The second kappa shape index (κ2) is 6.97. The Labute approximate surface area is 80.7 Å². The summed E-state index contributed by atoms with van der Waals surface area (Å²) < 4.78 is 35.8. The Bertz CT molecular complexity index is 159. The van der Waals surface area contributed by atoms with Gasteiger partial charge in [0.25, 0.3) is 6.43 Å². The lowest BCUT2D eigenvalue weighted by Gasteiger charge is -2.20. The first kappa shape index (κ1) is 15.0. The molecule has 3 nitrogen and oxygen atoms in total. The van der Waals surface area contributed by atoms with Gasteiger partial charge in [-0.1, -0.05) is 0 Å². The lowest BCUT2D eigenvalue weighted by atomic mass is 10.4. The minimum absolute atomic E-state index is 0. The van der Waals surface area contributed by atoms with Crippen LogP contribution >= 0.6 is 12.4 Å². The van der Waals surface area contributed by atoms with Gasteiger partial charge in [-0.05, 0) is 7.05 Å². The average Bonchev–Trinajstić information content (AvgIpc) is 2.02. The number of alkyl halides is 3. The minimum atomic E-state index is -3.16. The molecule has 0 aliphatic rings. The fourth-order valence-corrected chi connectivity index (χ4v) is 0.583. The predicted molar refractivity (Wildman–Crippen MR) is 44.8 cm³/mol. The Morgan fingerprint density at radius 3 is 2.23 bits per heavy atom. The van der Waals surface area contributed by atoms with Crippen LogP contribution in [0.5, 0.6) is 0 Å². The molecule has 13 heavy (non-hydrogen) atoms. The third kappa shape index (κ3) is 4.94. The van der Waals surface area contributed by atoms with E-state index in [2.05, 4.69) is 5.32 Å². The van der Waals surface area contributed by atoms with Gasteiger partial charge in [-0.25, -0.2) is 13.2 Å². The summed E-state index contributed by atoms with van der Waals surface area (Å²) >= 11 is 0. The molecular weight excluding hydrogens is 209 g/mol. The zero-order valence-electron chi connectivity index (χ0n) is 7.26. The van der Waals surface area contributed by atoms with Crippen molar-refractivity contribution in [3.05, 3.63) is 0 Å². The van der Waals surface area contributed by atoms with Crippen LogP contribution in [-0.2, 0) is 4.79 Å². The lowest BCUT2D eigenvalue weighted by molar-refractivity contribution is -0.140. The van der Waals surface area contributed by atoms with E-state index in [4.69, 9.17) is 0 Å². The van der Waals surface area contributed by atoms with Gasteiger partial charge >= 0.3 is 0 Å². The molecule has 0 rings (SSSR count). The Kier molecular flexibility index (Phi) is 8.04. The fraction of sp³-hybridized carbons (Fsp3) is 0.833. The first-order valence-electron chi connectivity index (χ1n) is 3.33. The molecule has 7 heteroatoms. The van der Waals surface area contributed by atoms with E-state index >= 15 is 0 Å². The molecule has 0 aliphatic heterocycles. The van der Waals surface area contributed by atoms with Crippen molar-refractivity contribution >= 4 is 18.3 Å². The maximum Gasteiger partial charge on any atom is 0.287 e. The Morgan fingerprint density at radius 1 is 1.46 bits per heavy atom. The van der Waals surface area contributed by atoms with Crippen molar-refractivity contribution in [1.29, 1.82) is 0 Å². The first-order valence-corrected chi connectivity index (χ1v) is 3.33. The summed E-state index contributed by atoms with van der Waals surface area (Å²) in [6.45, 7) is -0.149. The van der Waals surface area contributed by atoms with Crippen molar-refractivity contribution in [1.82, 2.24) is 10.2 Å². The van der Waals surface area contributed by atoms with Gasteiger partial charge in [-0.15, -0.1) is 12.4 Å². The van der Waals surface area contributed by atoms with Crippen LogP contribution in [0.15, 0.2) is 0 Å². The molecule has 0 heterocycles. The summed E-state index contributed by atoms with van der Waals surface area (Å²) in [6.07, 6.45) is -5.68. The van der Waals surface area contributed by atoms with Gasteiger partial charge in [0.1, 0.15) is 0 Å². The standard InChI is InChI=1S/C6H11F3N2O.ClH/c1-10-3-4(12)11(2)6(9)5(7)8;/h5-6,10H,3H2,1-2H3;1H. The smallest absolute Gasteiger partial charge is 0.287 e. The number of rotatable bonds is 4. The van der Waals surface area contributed by atoms with Gasteiger partial charge in [0, 0.05) is 7.05 Å². The average molecular weight is 221 g/mol. The van der Waals surface area contributed by atoms with Gasteiger partial charge in [0.05, 0.1) is 6.54 Å². The van der Waals surface area contributed by atoms with Crippen molar-refractivity contribution in [2.45, 2.75) is 12.7 Å². The summed E-state index contributed by atoms with van der Waals surface area (Å²) in [4.78, 5) is 11.2. The summed E-state index contributed by atoms with van der Waals surface area (Å²) in [5.74, 6) is -0.703. The number of hydrogen-bond donors (Lipinski definition) is 1. The van der Waals surface area contributed by atoms with Crippen molar-refractivity contribution < 1.29 is 18.0 Å². The van der Waals surface area contributed by atoms with E-state index in [1.54, 1.807) is 0 Å². The largest absolute Gasteiger partial charge is 0.311 e. The summed E-state index contributed by atoms with van der Waals surface area (Å²) in [5.41, 5.74) is 0. The molecular formula is C6H12ClF3N2O. The van der Waals surface area contributed by atoms with Crippen LogP contribution in [0.3, 0.4) is 0 Å². The molecule has 0 aliphatic carbocycles. The Morgan fingerprint density at radius 2 is 1.92 bits per heavy atom. The molecule has 0 radical (unpaired) electrons. The number of nitrogens with one attached hydrogen (secondary N) is 1. The molecule has 1 amide bonds. The quantitative estimate of drug-likeness (QED) is 0.706. The number of carbonyl (C=O) groups is 1. The molecule has 0 aromatic heterocycles. The highest BCUT2D eigenvalue weighted by atomic mass is 35.5. The zero-order chi connectivity index (χ0) is 9.72. The van der Waals surface area contributed by atoms with Crippen LogP contribution < -0.4 is 5.32 Å². The van der Waals surface area contributed by atoms with Crippen LogP contribution in [0.2, 0.25) is 0 Å². The van der Waals surface area contributed by atoms with Crippen molar-refractivity contribution in [3.8, 4) is 0 Å². The Balaban J connectivity index is 0. The van der Waals surface area contributed by atoms with E-state index in [9.17, 15) is 18.0 Å². The molecule has 0 spiro atoms. The molecule has 0 saturated heterocycles. The number of hydrogen-bond acceptors (Lipinski definition) is 2. The van der Waals surface area contributed by atoms with E-state index in [-0.39, 0.29) is 19.0 Å². The third-order valence-electron chi connectivity index (χ3n) is 1.30. The van der Waals surface area contributed by atoms with E-state index < -0.39 is 18.6 Å². The summed E-state index contributed by atoms with van der Waals surface area (Å²) in [7, 11) is 2.47. The number of halogens is 4. The van der Waals surface area contributed by atoms with Crippen molar-refractivity contribution in [3.63, 3.8) is 0 Å². The number of carbonyl (C=O) groups excluding carboxylic acids is 1. The third-order valence-corrected chi connectivity index (χ3v) is 1.30. The highest BCUT2D eigenvalue weighted by Gasteiger charge is 2.26. The summed E-state index contributed by atoms with van der Waals surface area (Å²) in [6, 6.07) is 0. The first-order chi connectivity index (χ1) is 5.50. The van der Waals surface area contributed by atoms with Gasteiger partial charge in [0.15, 0.2) is 0 Å². The second-order valence-electron chi connectivity index (χ2n) is 2.24. The molecule has 80 valence electrons. The number of nitrogens with zero attached hydrogens (tertiary/aromatic N) is 1. The van der Waals surface area contributed by atoms with Crippen LogP contribution in [0, 0.1) is 0 Å². The lowest BCUT2D eigenvalue weighted by Crippen LogP contribution is -2.42. The van der Waals surface area contributed by atoms with Crippen LogP contribution in [-0.4, -0.2) is 44.2 Å². The van der Waals surface area contributed by atoms with Crippen LogP contribution in [0.4, 0.5) is 13.2 Å².